The van der Waals surface area contributed by atoms with Crippen molar-refractivity contribution in [3.05, 3.63) is 109 Å². The van der Waals surface area contributed by atoms with Crippen LogP contribution in [0.25, 0.3) is 0 Å². The normalized spacial score (nSPS) is 10.9. The van der Waals surface area contributed by atoms with E-state index in [4.69, 9.17) is 14.2 Å². The first-order chi connectivity index (χ1) is 20.3. The summed E-state index contributed by atoms with van der Waals surface area (Å²) in [6, 6.07) is 36.1. The maximum absolute atomic E-state index is 9.97. The maximum atomic E-state index is 9.97. The van der Waals surface area contributed by atoms with Gasteiger partial charge in [-0.15, -0.1) is 0 Å². The summed E-state index contributed by atoms with van der Waals surface area (Å²) in [6.45, 7) is 1.83. The van der Waals surface area contributed by atoms with Gasteiger partial charge in [-0.2, -0.15) is 0 Å². The Balaban J connectivity index is 1.33. The number of aliphatic hydroxyl groups excluding tert-OH is 1. The number of hydrogen-bond donors (Lipinski definition) is 1. The van der Waals surface area contributed by atoms with Crippen LogP contribution in [0.1, 0.15) is 24.8 Å². The van der Waals surface area contributed by atoms with Crippen molar-refractivity contribution in [3.8, 4) is 17.2 Å². The van der Waals surface area contributed by atoms with Crippen LogP contribution >= 0.6 is 0 Å². The van der Waals surface area contributed by atoms with Gasteiger partial charge in [-0.3, -0.25) is 0 Å². The van der Waals surface area contributed by atoms with Crippen molar-refractivity contribution in [3.63, 3.8) is 0 Å². The van der Waals surface area contributed by atoms with Crippen LogP contribution in [0.5, 0.6) is 17.2 Å². The van der Waals surface area contributed by atoms with Crippen molar-refractivity contribution in [2.45, 2.75) is 39.3 Å². The molecule has 0 amide bonds. The summed E-state index contributed by atoms with van der Waals surface area (Å²) < 4.78 is 26.9. The van der Waals surface area contributed by atoms with Gasteiger partial charge in [-0.1, -0.05) is 0 Å². The summed E-state index contributed by atoms with van der Waals surface area (Å²) in [5, 5.41) is 9.97. The second kappa shape index (κ2) is 19.7. The van der Waals surface area contributed by atoms with Gasteiger partial charge in [0.25, 0.3) is 0 Å². The molecule has 4 rings (SSSR count). The topological polar surface area (TPSA) is 47.9 Å². The molecule has 4 aromatic carbocycles. The summed E-state index contributed by atoms with van der Waals surface area (Å²) in [6.07, 6.45) is 3.01. The van der Waals surface area contributed by atoms with Gasteiger partial charge in [0.1, 0.15) is 0 Å². The van der Waals surface area contributed by atoms with Crippen LogP contribution in [0.2, 0.25) is 13.4 Å². The molecule has 0 radical (unpaired) electrons. The third-order valence-corrected chi connectivity index (χ3v) is 15.3. The molecule has 4 nitrogen and oxygen atoms in total. The molecular formula is C34H38O4Te3. The van der Waals surface area contributed by atoms with E-state index in [0.29, 0.717) is 37.1 Å². The number of rotatable bonds is 19. The van der Waals surface area contributed by atoms with E-state index in [2.05, 4.69) is 91.0 Å². The minimum absolute atomic E-state index is 0.0593. The first kappa shape index (κ1) is 32.5. The number of hydrogen-bond acceptors (Lipinski definition) is 4. The Morgan fingerprint density at radius 1 is 0.488 bits per heavy atom. The van der Waals surface area contributed by atoms with Crippen LogP contribution in [0.4, 0.5) is 0 Å². The summed E-state index contributed by atoms with van der Waals surface area (Å²) >= 11 is -0.614. The van der Waals surface area contributed by atoms with Gasteiger partial charge in [0.2, 0.25) is 0 Å². The molecule has 0 aliphatic carbocycles. The molecule has 0 aliphatic rings. The van der Waals surface area contributed by atoms with E-state index in [9.17, 15) is 5.11 Å². The molecule has 0 heterocycles. The van der Waals surface area contributed by atoms with Crippen LogP contribution in [-0.2, 0) is 6.61 Å². The fourth-order valence-electron chi connectivity index (χ4n) is 3.91. The Kier molecular flexibility index (Phi) is 15.7. The van der Waals surface area contributed by atoms with E-state index >= 15 is 0 Å². The van der Waals surface area contributed by atoms with E-state index in [1.54, 1.807) is 0 Å². The standard InChI is InChI=1S/C34H38O4Te3/c35-27-28-25-32(36-19-10-22-39-29-13-4-1-5-14-29)34(38-21-12-24-41-31-17-8-3-9-18-31)33(26-28)37-20-11-23-40-30-15-6-2-7-16-30/h1-9,13-18,25-26,35H,10-12,19-24,27H2. The Morgan fingerprint density at radius 2 is 0.854 bits per heavy atom. The van der Waals surface area contributed by atoms with Crippen LogP contribution in [0, 0.1) is 0 Å². The zero-order valence-corrected chi connectivity index (χ0v) is 30.3. The van der Waals surface area contributed by atoms with Crippen molar-refractivity contribution in [1.82, 2.24) is 0 Å². The average Bonchev–Trinajstić information content (AvgIpc) is 3.02. The summed E-state index contributed by atoms with van der Waals surface area (Å²) in [5.41, 5.74) is 0.787. The molecule has 0 unspecified atom stereocenters. The minimum atomic E-state index is -0.207. The first-order valence-electron chi connectivity index (χ1n) is 14.0. The quantitative estimate of drug-likeness (QED) is 0.108. The van der Waals surface area contributed by atoms with Crippen LogP contribution in [0.3, 0.4) is 0 Å². The van der Waals surface area contributed by atoms with Gasteiger partial charge in [0.15, 0.2) is 0 Å². The van der Waals surface area contributed by atoms with Crippen LogP contribution in [0.15, 0.2) is 103 Å². The molecule has 0 bridgehead atoms. The molecular weight excluding hydrogens is 855 g/mol. The van der Waals surface area contributed by atoms with E-state index in [-0.39, 0.29) is 69.4 Å². The van der Waals surface area contributed by atoms with Gasteiger partial charge in [-0.05, 0) is 0 Å². The second-order valence-corrected chi connectivity index (χ2v) is 19.2. The SMILES string of the molecule is OCc1cc(OCCC[Te]c2ccccc2)c(OCCC[Te]c2ccccc2)c(OCCC[Te]c2ccccc2)c1. The predicted octanol–water partition coefficient (Wildman–Crippen LogP) is 4.83. The predicted molar refractivity (Wildman–Crippen MR) is 173 cm³/mol. The molecule has 0 saturated carbocycles. The Morgan fingerprint density at radius 3 is 1.22 bits per heavy atom. The van der Waals surface area contributed by atoms with Crippen molar-refractivity contribution in [1.29, 1.82) is 0 Å². The molecule has 41 heavy (non-hydrogen) atoms. The second-order valence-electron chi connectivity index (χ2n) is 9.17. The Labute approximate surface area is 275 Å². The van der Waals surface area contributed by atoms with Crippen LogP contribution < -0.4 is 25.0 Å². The molecule has 4 aromatic rings. The van der Waals surface area contributed by atoms with Crippen molar-refractivity contribution in [2.75, 3.05) is 19.8 Å². The number of aliphatic hydroxyl groups is 1. The van der Waals surface area contributed by atoms with E-state index in [1.165, 1.54) is 24.2 Å². The molecule has 0 saturated heterocycles. The summed E-state index contributed by atoms with van der Waals surface area (Å²) in [7, 11) is 0. The third kappa shape index (κ3) is 12.4. The van der Waals surface area contributed by atoms with Crippen molar-refractivity contribution < 1.29 is 19.3 Å². The average molecular weight is 893 g/mol. The molecule has 0 atom stereocenters. The molecule has 216 valence electrons. The van der Waals surface area contributed by atoms with E-state index in [1.807, 2.05) is 12.1 Å². The summed E-state index contributed by atoms with van der Waals surface area (Å²) in [5.74, 6) is 2.05. The van der Waals surface area contributed by atoms with E-state index in [0.717, 1.165) is 24.8 Å². The van der Waals surface area contributed by atoms with Crippen molar-refractivity contribution >= 4 is 73.6 Å². The number of benzene rings is 4. The van der Waals surface area contributed by atoms with E-state index < -0.39 is 0 Å². The molecule has 1 N–H and O–H groups in total. The monoisotopic (exact) mass is 900 g/mol. The summed E-state index contributed by atoms with van der Waals surface area (Å²) in [4.78, 5) is 0. The fourth-order valence-corrected chi connectivity index (χ4v) is 11.2. The van der Waals surface area contributed by atoms with Gasteiger partial charge in [0, 0.05) is 0 Å². The number of ether oxygens (including phenoxy) is 3. The fraction of sp³-hybridized carbons (Fsp3) is 0.294. The third-order valence-electron chi connectivity index (χ3n) is 5.93. The van der Waals surface area contributed by atoms with Gasteiger partial charge in [0.05, 0.1) is 0 Å². The molecule has 0 fully saturated rings. The molecule has 7 heteroatoms. The van der Waals surface area contributed by atoms with Gasteiger partial charge < -0.3 is 0 Å². The molecule has 0 aromatic heterocycles. The first-order valence-corrected chi connectivity index (χ1v) is 22.5. The Hall–Kier alpha value is -1.39. The zero-order valence-electron chi connectivity index (χ0n) is 23.3. The molecule has 0 aliphatic heterocycles. The Bertz CT molecular complexity index is 1190. The van der Waals surface area contributed by atoms with Crippen molar-refractivity contribution in [2.24, 2.45) is 0 Å². The van der Waals surface area contributed by atoms with Gasteiger partial charge >= 0.3 is 278 Å². The zero-order chi connectivity index (χ0) is 28.4. The molecule has 0 spiro atoms. The van der Waals surface area contributed by atoms with Gasteiger partial charge in [-0.25, -0.2) is 0 Å². The van der Waals surface area contributed by atoms with Crippen LogP contribution in [-0.4, -0.2) is 87.7 Å².